The number of likely N-dealkylation sites (tertiary alicyclic amines) is 1. The van der Waals surface area contributed by atoms with Crippen LogP contribution in [0.4, 0.5) is 0 Å². The van der Waals surface area contributed by atoms with E-state index in [2.05, 4.69) is 40.5 Å². The highest BCUT2D eigenvalue weighted by atomic mass is 35.5. The fraction of sp³-hybridized carbons (Fsp3) is 0.458. The van der Waals surface area contributed by atoms with E-state index in [1.54, 1.807) is 0 Å². The SMILES string of the molecule is Cl.Cl.NC(Cc1ccccc1)C(=O)NCCCOC1CCN(Cc2ccccc2)CC1. The molecule has 1 atom stereocenters. The minimum Gasteiger partial charge on any atom is -0.378 e. The Morgan fingerprint density at radius 1 is 1.00 bits per heavy atom. The maximum Gasteiger partial charge on any atom is 0.237 e. The molecule has 1 amide bonds. The molecule has 0 saturated carbocycles. The van der Waals surface area contributed by atoms with Gasteiger partial charge >= 0.3 is 0 Å². The molecule has 1 saturated heterocycles. The highest BCUT2D eigenvalue weighted by Gasteiger charge is 2.19. The molecule has 31 heavy (non-hydrogen) atoms. The largest absolute Gasteiger partial charge is 0.378 e. The Morgan fingerprint density at radius 2 is 1.58 bits per heavy atom. The summed E-state index contributed by atoms with van der Waals surface area (Å²) >= 11 is 0. The fourth-order valence-electron chi connectivity index (χ4n) is 3.70. The van der Waals surface area contributed by atoms with Crippen LogP contribution in [0.5, 0.6) is 0 Å². The number of carbonyl (C=O) groups excluding carboxylic acids is 1. The first-order chi connectivity index (χ1) is 14.2. The van der Waals surface area contributed by atoms with Gasteiger partial charge in [0, 0.05) is 32.8 Å². The number of hydrogen-bond acceptors (Lipinski definition) is 4. The number of amides is 1. The van der Waals surface area contributed by atoms with Crippen molar-refractivity contribution < 1.29 is 9.53 Å². The summed E-state index contributed by atoms with van der Waals surface area (Å²) < 4.78 is 6.01. The lowest BCUT2D eigenvalue weighted by Crippen LogP contribution is -2.42. The molecule has 3 N–H and O–H groups in total. The normalized spacial score (nSPS) is 15.4. The van der Waals surface area contributed by atoms with Crippen molar-refractivity contribution in [3.63, 3.8) is 0 Å². The standard InChI is InChI=1S/C24H33N3O2.2ClH/c25-23(18-20-8-3-1-4-9-20)24(28)26-14-7-17-29-22-12-15-27(16-13-22)19-21-10-5-2-6-11-21;;/h1-6,8-11,22-23H,7,12-19,25H2,(H,26,28);2*1H. The van der Waals surface area contributed by atoms with Gasteiger partial charge in [-0.2, -0.15) is 0 Å². The molecule has 0 aromatic heterocycles. The predicted octanol–water partition coefficient (Wildman–Crippen LogP) is 3.59. The summed E-state index contributed by atoms with van der Waals surface area (Å²) in [6.45, 7) is 4.45. The molecule has 0 radical (unpaired) electrons. The lowest BCUT2D eigenvalue weighted by atomic mass is 10.1. The molecule has 2 aromatic rings. The van der Waals surface area contributed by atoms with E-state index in [4.69, 9.17) is 10.5 Å². The zero-order chi connectivity index (χ0) is 20.3. The van der Waals surface area contributed by atoms with Crippen molar-refractivity contribution in [1.29, 1.82) is 0 Å². The number of benzene rings is 2. The molecule has 5 nitrogen and oxygen atoms in total. The molecule has 0 aliphatic carbocycles. The van der Waals surface area contributed by atoms with Gasteiger partial charge in [0.05, 0.1) is 12.1 Å². The summed E-state index contributed by atoms with van der Waals surface area (Å²) in [5, 5.41) is 2.92. The van der Waals surface area contributed by atoms with Crippen molar-refractivity contribution >= 4 is 30.7 Å². The number of nitrogens with zero attached hydrogens (tertiary/aromatic N) is 1. The minimum atomic E-state index is -0.507. The smallest absolute Gasteiger partial charge is 0.237 e. The summed E-state index contributed by atoms with van der Waals surface area (Å²) in [4.78, 5) is 14.6. The summed E-state index contributed by atoms with van der Waals surface area (Å²) in [6.07, 6.45) is 3.85. The molecule has 1 unspecified atom stereocenters. The minimum absolute atomic E-state index is 0. The molecule has 1 aliphatic rings. The van der Waals surface area contributed by atoms with Crippen LogP contribution in [-0.4, -0.2) is 49.2 Å². The van der Waals surface area contributed by atoms with Gasteiger partial charge in [-0.3, -0.25) is 9.69 Å². The zero-order valence-electron chi connectivity index (χ0n) is 17.9. The number of nitrogens with two attached hydrogens (primary N) is 1. The Morgan fingerprint density at radius 3 is 2.19 bits per heavy atom. The molecule has 7 heteroatoms. The number of ether oxygens (including phenoxy) is 1. The fourth-order valence-corrected chi connectivity index (χ4v) is 3.70. The maximum absolute atomic E-state index is 12.1. The first kappa shape index (κ1) is 27.4. The van der Waals surface area contributed by atoms with Crippen LogP contribution in [0.3, 0.4) is 0 Å². The summed E-state index contributed by atoms with van der Waals surface area (Å²) in [5.74, 6) is -0.0944. The zero-order valence-corrected chi connectivity index (χ0v) is 19.6. The van der Waals surface area contributed by atoms with Crippen molar-refractivity contribution in [3.8, 4) is 0 Å². The highest BCUT2D eigenvalue weighted by molar-refractivity contribution is 5.85. The van der Waals surface area contributed by atoms with Crippen LogP contribution in [0.2, 0.25) is 0 Å². The van der Waals surface area contributed by atoms with Crippen LogP contribution < -0.4 is 11.1 Å². The van der Waals surface area contributed by atoms with E-state index >= 15 is 0 Å². The molecule has 3 rings (SSSR count). The quantitative estimate of drug-likeness (QED) is 0.523. The van der Waals surface area contributed by atoms with Gasteiger partial charge in [-0.25, -0.2) is 0 Å². The second-order valence-electron chi connectivity index (χ2n) is 7.77. The Labute approximate surface area is 198 Å². The molecular weight excluding hydrogens is 433 g/mol. The van der Waals surface area contributed by atoms with Crippen LogP contribution in [0.25, 0.3) is 0 Å². The van der Waals surface area contributed by atoms with Crippen LogP contribution in [0.1, 0.15) is 30.4 Å². The van der Waals surface area contributed by atoms with E-state index < -0.39 is 6.04 Å². The molecule has 0 bridgehead atoms. The van der Waals surface area contributed by atoms with E-state index in [1.807, 2.05) is 30.3 Å². The number of rotatable bonds is 10. The second-order valence-corrected chi connectivity index (χ2v) is 7.77. The van der Waals surface area contributed by atoms with Crippen molar-refractivity contribution in [2.45, 2.75) is 44.4 Å². The van der Waals surface area contributed by atoms with Gasteiger partial charge in [0.2, 0.25) is 5.91 Å². The average Bonchev–Trinajstić information content (AvgIpc) is 2.76. The number of piperidine rings is 1. The third-order valence-corrected chi connectivity index (χ3v) is 5.39. The lowest BCUT2D eigenvalue weighted by Gasteiger charge is -2.32. The first-order valence-electron chi connectivity index (χ1n) is 10.7. The van der Waals surface area contributed by atoms with Crippen LogP contribution in [-0.2, 0) is 22.5 Å². The monoisotopic (exact) mass is 467 g/mol. The van der Waals surface area contributed by atoms with E-state index in [-0.39, 0.29) is 30.7 Å². The molecule has 1 heterocycles. The molecule has 0 spiro atoms. The summed E-state index contributed by atoms with van der Waals surface area (Å²) in [7, 11) is 0. The van der Waals surface area contributed by atoms with Gasteiger partial charge in [-0.05, 0) is 36.8 Å². The van der Waals surface area contributed by atoms with E-state index in [0.717, 1.165) is 44.5 Å². The van der Waals surface area contributed by atoms with E-state index in [9.17, 15) is 4.79 Å². The topological polar surface area (TPSA) is 67.6 Å². The molecule has 1 fully saturated rings. The Bertz CT molecular complexity index is 726. The number of nitrogens with one attached hydrogen (secondary N) is 1. The van der Waals surface area contributed by atoms with Gasteiger partial charge in [0.25, 0.3) is 0 Å². The molecule has 1 aliphatic heterocycles. The van der Waals surface area contributed by atoms with Crippen LogP contribution in [0, 0.1) is 0 Å². The summed E-state index contributed by atoms with van der Waals surface area (Å²) in [5.41, 5.74) is 8.45. The van der Waals surface area contributed by atoms with Gasteiger partial charge < -0.3 is 15.8 Å². The second kappa shape index (κ2) is 15.2. The van der Waals surface area contributed by atoms with Crippen molar-refractivity contribution in [2.75, 3.05) is 26.2 Å². The van der Waals surface area contributed by atoms with E-state index in [1.165, 1.54) is 5.56 Å². The Balaban J connectivity index is 0.00000240. The van der Waals surface area contributed by atoms with Gasteiger partial charge in [-0.1, -0.05) is 60.7 Å². The highest BCUT2D eigenvalue weighted by Crippen LogP contribution is 2.16. The van der Waals surface area contributed by atoms with Crippen molar-refractivity contribution in [3.05, 3.63) is 71.8 Å². The van der Waals surface area contributed by atoms with Gasteiger partial charge in [-0.15, -0.1) is 24.8 Å². The number of carbonyl (C=O) groups is 1. The predicted molar refractivity (Wildman–Crippen MR) is 131 cm³/mol. The third-order valence-electron chi connectivity index (χ3n) is 5.39. The summed E-state index contributed by atoms with van der Waals surface area (Å²) in [6, 6.07) is 20.0. The Kier molecular flexibility index (Phi) is 13.5. The van der Waals surface area contributed by atoms with Crippen molar-refractivity contribution in [2.24, 2.45) is 5.73 Å². The maximum atomic E-state index is 12.1. The van der Waals surface area contributed by atoms with Gasteiger partial charge in [0.1, 0.15) is 0 Å². The molecule has 172 valence electrons. The first-order valence-corrected chi connectivity index (χ1v) is 10.7. The third kappa shape index (κ3) is 10.0. The molecular formula is C24H35Cl2N3O2. The van der Waals surface area contributed by atoms with Gasteiger partial charge in [0.15, 0.2) is 0 Å². The van der Waals surface area contributed by atoms with Crippen LogP contribution >= 0.6 is 24.8 Å². The average molecular weight is 468 g/mol. The number of hydrogen-bond donors (Lipinski definition) is 2. The Hall–Kier alpha value is -1.63. The van der Waals surface area contributed by atoms with E-state index in [0.29, 0.717) is 25.7 Å². The van der Waals surface area contributed by atoms with Crippen molar-refractivity contribution in [1.82, 2.24) is 10.2 Å². The number of halogens is 2. The lowest BCUT2D eigenvalue weighted by molar-refractivity contribution is -0.122. The molecule has 2 aromatic carbocycles. The van der Waals surface area contributed by atoms with Crippen LogP contribution in [0.15, 0.2) is 60.7 Å².